The maximum Gasteiger partial charge on any atom is 0.311 e. The third-order valence-electron chi connectivity index (χ3n) is 4.88. The number of benzene rings is 1. The molecule has 5 atom stereocenters. The van der Waals surface area contributed by atoms with Gasteiger partial charge in [0, 0.05) is 4.91 Å². The van der Waals surface area contributed by atoms with Gasteiger partial charge in [0.05, 0.1) is 17.4 Å². The van der Waals surface area contributed by atoms with E-state index in [9.17, 15) is 9.59 Å². The zero-order valence-electron chi connectivity index (χ0n) is 19.9. The maximum absolute atomic E-state index is 15.5. The summed E-state index contributed by atoms with van der Waals surface area (Å²) in [5.74, 6) is -1.22. The number of rotatable bonds is 7. The van der Waals surface area contributed by atoms with Gasteiger partial charge < -0.3 is 18.9 Å². The molecule has 1 aromatic carbocycles. The highest BCUT2D eigenvalue weighted by molar-refractivity contribution is 5.76. The monoisotopic (exact) mass is 465 g/mol. The Bertz CT molecular complexity index is 861. The van der Waals surface area contributed by atoms with Crippen molar-refractivity contribution >= 4 is 11.9 Å². The lowest BCUT2D eigenvalue weighted by atomic mass is 9.95. The van der Waals surface area contributed by atoms with Gasteiger partial charge in [-0.05, 0) is 52.6 Å². The third kappa shape index (κ3) is 7.42. The molecule has 1 aromatic rings. The van der Waals surface area contributed by atoms with Crippen molar-refractivity contribution in [3.05, 3.63) is 46.3 Å². The minimum atomic E-state index is -1.92. The molecule has 0 aromatic heterocycles. The lowest BCUT2D eigenvalue weighted by molar-refractivity contribution is -0.264. The lowest BCUT2D eigenvalue weighted by Crippen LogP contribution is -2.59. The van der Waals surface area contributed by atoms with Crippen LogP contribution < -0.4 is 0 Å². The summed E-state index contributed by atoms with van der Waals surface area (Å²) in [7, 11) is 0. The molecule has 1 fully saturated rings. The summed E-state index contributed by atoms with van der Waals surface area (Å²) < 4.78 is 37.7. The van der Waals surface area contributed by atoms with E-state index in [0.717, 1.165) is 5.56 Å². The van der Waals surface area contributed by atoms with E-state index in [1.807, 2.05) is 30.3 Å². The van der Waals surface area contributed by atoms with Crippen LogP contribution in [0.25, 0.3) is 10.4 Å². The average molecular weight is 466 g/mol. The van der Waals surface area contributed by atoms with Crippen molar-refractivity contribution in [1.29, 1.82) is 0 Å². The van der Waals surface area contributed by atoms with Crippen LogP contribution in [-0.2, 0) is 35.1 Å². The average Bonchev–Trinajstić information content (AvgIpc) is 2.73. The number of esters is 2. The summed E-state index contributed by atoms with van der Waals surface area (Å²) >= 11 is 0. The molecule has 1 aliphatic heterocycles. The van der Waals surface area contributed by atoms with Crippen molar-refractivity contribution in [2.45, 2.75) is 78.9 Å². The van der Waals surface area contributed by atoms with Crippen LogP contribution in [0.5, 0.6) is 0 Å². The van der Waals surface area contributed by atoms with Crippen LogP contribution in [0.3, 0.4) is 0 Å². The highest BCUT2D eigenvalue weighted by Gasteiger charge is 2.50. The molecule has 0 bridgehead atoms. The van der Waals surface area contributed by atoms with E-state index in [-0.39, 0.29) is 6.61 Å². The zero-order valence-corrected chi connectivity index (χ0v) is 19.9. The Morgan fingerprint density at radius 3 is 2.24 bits per heavy atom. The Labute approximate surface area is 193 Å². The van der Waals surface area contributed by atoms with Crippen LogP contribution in [0.2, 0.25) is 0 Å². The summed E-state index contributed by atoms with van der Waals surface area (Å²) in [5, 5.41) is 3.62. The molecular weight excluding hydrogens is 433 g/mol. The van der Waals surface area contributed by atoms with Gasteiger partial charge in [-0.3, -0.25) is 9.59 Å². The minimum Gasteiger partial charge on any atom is -0.462 e. The fourth-order valence-electron chi connectivity index (χ4n) is 2.89. The van der Waals surface area contributed by atoms with Crippen molar-refractivity contribution in [2.75, 3.05) is 6.61 Å². The number of nitrogens with zero attached hydrogens (tertiary/aromatic N) is 3. The first-order chi connectivity index (χ1) is 15.3. The molecule has 1 aliphatic rings. The molecule has 0 saturated carbocycles. The number of ether oxygens (including phenoxy) is 4. The fourth-order valence-corrected chi connectivity index (χ4v) is 2.89. The molecule has 2 rings (SSSR count). The molecule has 1 saturated heterocycles. The Hall–Kier alpha value is -2.68. The first kappa shape index (κ1) is 26.6. The van der Waals surface area contributed by atoms with Crippen LogP contribution in [0, 0.1) is 10.8 Å². The summed E-state index contributed by atoms with van der Waals surface area (Å²) in [6, 6.07) is 7.86. The van der Waals surface area contributed by atoms with Gasteiger partial charge in [-0.25, -0.2) is 4.39 Å². The van der Waals surface area contributed by atoms with Crippen LogP contribution in [0.15, 0.2) is 35.4 Å². The molecule has 33 heavy (non-hydrogen) atoms. The predicted molar refractivity (Wildman–Crippen MR) is 117 cm³/mol. The van der Waals surface area contributed by atoms with Gasteiger partial charge in [0.25, 0.3) is 0 Å². The van der Waals surface area contributed by atoms with Crippen molar-refractivity contribution in [3.8, 4) is 0 Å². The number of azide groups is 1. The second-order valence-electron chi connectivity index (χ2n) is 9.95. The number of carbonyl (C=O) groups is 2. The van der Waals surface area contributed by atoms with Gasteiger partial charge in [0.1, 0.15) is 24.9 Å². The maximum atomic E-state index is 15.5. The van der Waals surface area contributed by atoms with Gasteiger partial charge in [-0.1, -0.05) is 35.4 Å². The Kier molecular flexibility index (Phi) is 8.82. The number of alkyl halides is 1. The molecule has 10 heteroatoms. The highest BCUT2D eigenvalue weighted by atomic mass is 19.1. The van der Waals surface area contributed by atoms with Gasteiger partial charge in [-0.15, -0.1) is 0 Å². The molecule has 9 nitrogen and oxygen atoms in total. The summed E-state index contributed by atoms with van der Waals surface area (Å²) in [6.45, 7) is 9.52. The summed E-state index contributed by atoms with van der Waals surface area (Å²) in [5.41, 5.74) is 8.15. The molecule has 0 N–H and O–H groups in total. The zero-order chi connectivity index (χ0) is 24.8. The molecule has 0 amide bonds. The number of halogens is 1. The highest BCUT2D eigenvalue weighted by Crippen LogP contribution is 2.32. The molecule has 182 valence electrons. The molecular formula is C23H32FN3O6. The van der Waals surface area contributed by atoms with Crippen LogP contribution in [0.1, 0.15) is 47.1 Å². The molecule has 5 unspecified atom stereocenters. The molecule has 0 radical (unpaired) electrons. The second-order valence-corrected chi connectivity index (χ2v) is 9.95. The normalized spacial score (nSPS) is 25.6. The third-order valence-corrected chi connectivity index (χ3v) is 4.88. The summed E-state index contributed by atoms with van der Waals surface area (Å²) in [4.78, 5) is 27.5. The quantitative estimate of drug-likeness (QED) is 0.253. The smallest absolute Gasteiger partial charge is 0.311 e. The van der Waals surface area contributed by atoms with Gasteiger partial charge in [0.2, 0.25) is 0 Å². The first-order valence-electron chi connectivity index (χ1n) is 10.7. The predicted octanol–water partition coefficient (Wildman–Crippen LogP) is 4.49. The van der Waals surface area contributed by atoms with E-state index in [0.29, 0.717) is 0 Å². The number of carbonyl (C=O) groups excluding carboxylic acids is 2. The Balaban J connectivity index is 2.29. The van der Waals surface area contributed by atoms with E-state index in [1.54, 1.807) is 41.5 Å². The van der Waals surface area contributed by atoms with Crippen molar-refractivity contribution in [3.63, 3.8) is 0 Å². The van der Waals surface area contributed by atoms with Crippen LogP contribution >= 0.6 is 0 Å². The molecule has 0 spiro atoms. The fraction of sp³-hybridized carbons (Fsp3) is 0.652. The van der Waals surface area contributed by atoms with Gasteiger partial charge in [0.15, 0.2) is 12.5 Å². The van der Waals surface area contributed by atoms with Crippen LogP contribution in [-0.4, -0.2) is 49.3 Å². The molecule has 1 heterocycles. The van der Waals surface area contributed by atoms with Gasteiger partial charge in [-0.2, -0.15) is 0 Å². The standard InChI is InChI=1S/C23H32FN3O6/c1-22(2,3)20(28)31-13-15-16(24)18(33-21(29)23(4,5)6)17(26-27-25)19(32-15)30-12-14-10-8-7-9-11-14/h7-11,15-19H,12-13H2,1-6H3. The SMILES string of the molecule is CC(C)(C)C(=O)OCC1OC(OCc2ccccc2)C(N=[N+]=[N-])C(OC(=O)C(C)(C)C)C1F. The second kappa shape index (κ2) is 11.0. The van der Waals surface area contributed by atoms with Crippen molar-refractivity contribution in [1.82, 2.24) is 0 Å². The van der Waals surface area contributed by atoms with E-state index in [4.69, 9.17) is 24.5 Å². The van der Waals surface area contributed by atoms with E-state index in [1.165, 1.54) is 0 Å². The minimum absolute atomic E-state index is 0.0777. The lowest BCUT2D eigenvalue weighted by Gasteiger charge is -2.41. The summed E-state index contributed by atoms with van der Waals surface area (Å²) in [6.07, 6.45) is -5.93. The Morgan fingerprint density at radius 1 is 1.09 bits per heavy atom. The Morgan fingerprint density at radius 2 is 1.70 bits per heavy atom. The van der Waals surface area contributed by atoms with Crippen molar-refractivity contribution in [2.24, 2.45) is 15.9 Å². The van der Waals surface area contributed by atoms with Gasteiger partial charge >= 0.3 is 11.9 Å². The van der Waals surface area contributed by atoms with E-state index in [2.05, 4.69) is 10.0 Å². The topological polar surface area (TPSA) is 120 Å². The number of hydrogen-bond donors (Lipinski definition) is 0. The van der Waals surface area contributed by atoms with E-state index < -0.39 is 60.1 Å². The van der Waals surface area contributed by atoms with Crippen molar-refractivity contribution < 1.29 is 32.9 Å². The first-order valence-corrected chi connectivity index (χ1v) is 10.7. The largest absolute Gasteiger partial charge is 0.462 e. The van der Waals surface area contributed by atoms with E-state index >= 15 is 4.39 Å². The number of hydrogen-bond acceptors (Lipinski definition) is 7. The van der Waals surface area contributed by atoms with Crippen LogP contribution in [0.4, 0.5) is 4.39 Å². The molecule has 0 aliphatic carbocycles.